The molecule has 11 heteroatoms. The summed E-state index contributed by atoms with van der Waals surface area (Å²) in [7, 11) is -2.00. The van der Waals surface area contributed by atoms with E-state index < -0.39 is 10.0 Å². The molecule has 4 rings (SSSR count). The number of hydrogen-bond donors (Lipinski definition) is 2. The Morgan fingerprint density at radius 2 is 1.62 bits per heavy atom. The van der Waals surface area contributed by atoms with Crippen molar-refractivity contribution in [3.63, 3.8) is 0 Å². The number of hydrogen-bond acceptors (Lipinski definition) is 7. The van der Waals surface area contributed by atoms with Gasteiger partial charge in [-0.25, -0.2) is 9.67 Å². The first kappa shape index (κ1) is 23.4. The van der Waals surface area contributed by atoms with Crippen LogP contribution in [0.3, 0.4) is 0 Å². The van der Waals surface area contributed by atoms with Crippen molar-refractivity contribution in [2.24, 2.45) is 7.05 Å². The summed E-state index contributed by atoms with van der Waals surface area (Å²) in [4.78, 5) is 4.27. The van der Waals surface area contributed by atoms with E-state index >= 15 is 0 Å². The molecule has 4 aromatic rings. The van der Waals surface area contributed by atoms with Crippen LogP contribution in [-0.4, -0.2) is 37.9 Å². The summed E-state index contributed by atoms with van der Waals surface area (Å²) in [5, 5.41) is 16.2. The number of imidazole rings is 1. The van der Waals surface area contributed by atoms with Crippen LogP contribution in [0.4, 0.5) is 17.2 Å². The second-order valence-electron chi connectivity index (χ2n) is 8.50. The number of benzene rings is 1. The molecule has 2 N–H and O–H groups in total. The zero-order valence-corrected chi connectivity index (χ0v) is 20.8. The molecule has 0 radical (unpaired) electrons. The van der Waals surface area contributed by atoms with Gasteiger partial charge in [-0.05, 0) is 62.7 Å². The molecule has 0 amide bonds. The maximum atomic E-state index is 12.7. The standard InChI is InChI=1S/C23H28N8O2S/c1-14(2)23-25-22(13-30(23)6)34(32,33)29-19-9-7-18(8-10-19)24-20-11-12-21(27-26-20)31-17(5)15(3)16(4)28-31/h7-14,29H,1-6H3,(H,24,26). The molecule has 0 aliphatic rings. The number of anilines is 3. The molecule has 0 aliphatic carbocycles. The first-order valence-corrected chi connectivity index (χ1v) is 12.3. The Bertz CT molecular complexity index is 1420. The monoisotopic (exact) mass is 480 g/mol. The predicted octanol–water partition coefficient (Wildman–Crippen LogP) is 3.99. The van der Waals surface area contributed by atoms with Crippen molar-refractivity contribution < 1.29 is 8.42 Å². The Kier molecular flexibility index (Phi) is 6.13. The van der Waals surface area contributed by atoms with Crippen LogP contribution in [0.1, 0.15) is 42.5 Å². The Balaban J connectivity index is 1.45. The molecule has 0 spiro atoms. The fourth-order valence-electron chi connectivity index (χ4n) is 3.54. The van der Waals surface area contributed by atoms with E-state index in [-0.39, 0.29) is 10.9 Å². The maximum Gasteiger partial charge on any atom is 0.280 e. The largest absolute Gasteiger partial charge is 0.339 e. The molecule has 0 aliphatic heterocycles. The van der Waals surface area contributed by atoms with E-state index in [0.29, 0.717) is 23.1 Å². The summed E-state index contributed by atoms with van der Waals surface area (Å²) in [5.74, 6) is 2.03. The molecule has 3 aromatic heterocycles. The first-order valence-electron chi connectivity index (χ1n) is 10.8. The summed E-state index contributed by atoms with van der Waals surface area (Å²) in [6.07, 6.45) is 1.52. The van der Waals surface area contributed by atoms with E-state index in [9.17, 15) is 8.42 Å². The average molecular weight is 481 g/mol. The molecular formula is C23H28N8O2S. The van der Waals surface area contributed by atoms with Gasteiger partial charge in [-0.15, -0.1) is 10.2 Å². The molecule has 34 heavy (non-hydrogen) atoms. The lowest BCUT2D eigenvalue weighted by molar-refractivity contribution is 0.597. The highest BCUT2D eigenvalue weighted by molar-refractivity contribution is 7.92. The Morgan fingerprint density at radius 3 is 2.15 bits per heavy atom. The number of sulfonamides is 1. The lowest BCUT2D eigenvalue weighted by Crippen LogP contribution is -2.13. The van der Waals surface area contributed by atoms with Crippen LogP contribution in [-0.2, 0) is 17.1 Å². The predicted molar refractivity (Wildman–Crippen MR) is 131 cm³/mol. The van der Waals surface area contributed by atoms with Crippen molar-refractivity contribution in [3.05, 3.63) is 65.4 Å². The van der Waals surface area contributed by atoms with Crippen LogP contribution in [0.25, 0.3) is 5.82 Å². The molecule has 0 atom stereocenters. The minimum absolute atomic E-state index is 0.00549. The smallest absolute Gasteiger partial charge is 0.280 e. The average Bonchev–Trinajstić information content (AvgIpc) is 3.31. The molecule has 0 saturated heterocycles. The van der Waals surface area contributed by atoms with E-state index in [1.807, 2.05) is 46.8 Å². The third-order valence-electron chi connectivity index (χ3n) is 5.61. The van der Waals surface area contributed by atoms with Gasteiger partial charge < -0.3 is 9.88 Å². The molecule has 3 heterocycles. The summed E-state index contributed by atoms with van der Waals surface area (Å²) in [6, 6.07) is 10.5. The van der Waals surface area contributed by atoms with E-state index in [2.05, 4.69) is 30.3 Å². The molecule has 0 unspecified atom stereocenters. The van der Waals surface area contributed by atoms with Crippen molar-refractivity contribution in [2.45, 2.75) is 45.6 Å². The minimum atomic E-state index is -3.79. The third kappa shape index (κ3) is 4.65. The van der Waals surface area contributed by atoms with E-state index in [1.54, 1.807) is 40.6 Å². The summed E-state index contributed by atoms with van der Waals surface area (Å²) in [6.45, 7) is 9.92. The van der Waals surface area contributed by atoms with E-state index in [1.165, 1.54) is 6.20 Å². The number of aromatic nitrogens is 6. The van der Waals surface area contributed by atoms with Crippen molar-refractivity contribution >= 4 is 27.2 Å². The zero-order valence-electron chi connectivity index (χ0n) is 20.0. The van der Waals surface area contributed by atoms with Crippen molar-refractivity contribution in [1.29, 1.82) is 0 Å². The van der Waals surface area contributed by atoms with Crippen molar-refractivity contribution in [3.8, 4) is 5.82 Å². The van der Waals surface area contributed by atoms with Gasteiger partial charge in [-0.3, -0.25) is 4.72 Å². The molecule has 10 nitrogen and oxygen atoms in total. The second kappa shape index (κ2) is 8.90. The van der Waals surface area contributed by atoms with Crippen LogP contribution in [0.2, 0.25) is 0 Å². The quantitative estimate of drug-likeness (QED) is 0.410. The zero-order chi connectivity index (χ0) is 24.6. The van der Waals surface area contributed by atoms with Gasteiger partial charge in [0.1, 0.15) is 5.82 Å². The van der Waals surface area contributed by atoms with Gasteiger partial charge in [-0.2, -0.15) is 13.5 Å². The fourth-order valence-corrected chi connectivity index (χ4v) is 4.61. The number of aryl methyl sites for hydroxylation is 2. The van der Waals surface area contributed by atoms with Gasteiger partial charge in [0, 0.05) is 36.2 Å². The highest BCUT2D eigenvalue weighted by Crippen LogP contribution is 2.22. The minimum Gasteiger partial charge on any atom is -0.339 e. The van der Waals surface area contributed by atoms with E-state index in [0.717, 1.165) is 22.6 Å². The van der Waals surface area contributed by atoms with Gasteiger partial charge in [0.2, 0.25) is 0 Å². The molecule has 0 fully saturated rings. The lowest BCUT2D eigenvalue weighted by atomic mass is 10.2. The highest BCUT2D eigenvalue weighted by atomic mass is 32.2. The number of nitrogens with one attached hydrogen (secondary N) is 2. The van der Waals surface area contributed by atoms with Gasteiger partial charge in [0.05, 0.1) is 5.69 Å². The van der Waals surface area contributed by atoms with Crippen LogP contribution in [0, 0.1) is 20.8 Å². The summed E-state index contributed by atoms with van der Waals surface area (Å²) in [5.41, 5.74) is 4.29. The number of nitrogens with zero attached hydrogens (tertiary/aromatic N) is 6. The number of rotatable bonds is 7. The van der Waals surface area contributed by atoms with E-state index in [4.69, 9.17) is 0 Å². The summed E-state index contributed by atoms with van der Waals surface area (Å²) < 4.78 is 31.5. The van der Waals surface area contributed by atoms with Gasteiger partial charge in [0.15, 0.2) is 16.7 Å². The lowest BCUT2D eigenvalue weighted by Gasteiger charge is -2.09. The molecule has 178 valence electrons. The van der Waals surface area contributed by atoms with Crippen LogP contribution >= 0.6 is 0 Å². The van der Waals surface area contributed by atoms with Crippen LogP contribution < -0.4 is 10.0 Å². The van der Waals surface area contributed by atoms with Gasteiger partial charge in [0.25, 0.3) is 10.0 Å². The third-order valence-corrected chi connectivity index (χ3v) is 6.86. The molecule has 0 saturated carbocycles. The van der Waals surface area contributed by atoms with Crippen LogP contribution in [0.15, 0.2) is 47.6 Å². The maximum absolute atomic E-state index is 12.7. The normalized spacial score (nSPS) is 11.7. The molecular weight excluding hydrogens is 452 g/mol. The van der Waals surface area contributed by atoms with Crippen molar-refractivity contribution in [1.82, 2.24) is 29.5 Å². The van der Waals surface area contributed by atoms with Crippen LogP contribution in [0.5, 0.6) is 0 Å². The second-order valence-corrected chi connectivity index (χ2v) is 10.1. The summed E-state index contributed by atoms with van der Waals surface area (Å²) >= 11 is 0. The SMILES string of the molecule is Cc1nn(-c2ccc(Nc3ccc(NS(=O)(=O)c4cn(C)c(C(C)C)n4)cc3)nn2)c(C)c1C. The highest BCUT2D eigenvalue weighted by Gasteiger charge is 2.21. The van der Waals surface area contributed by atoms with Gasteiger partial charge >= 0.3 is 0 Å². The fraction of sp³-hybridized carbons (Fsp3) is 0.304. The van der Waals surface area contributed by atoms with Crippen molar-refractivity contribution in [2.75, 3.05) is 10.0 Å². The Labute approximate surface area is 199 Å². The first-order chi connectivity index (χ1) is 16.0. The van der Waals surface area contributed by atoms with Gasteiger partial charge in [-0.1, -0.05) is 13.8 Å². The Morgan fingerprint density at radius 1 is 0.941 bits per heavy atom. The Hall–Kier alpha value is -3.73. The molecule has 1 aromatic carbocycles. The topological polar surface area (TPSA) is 120 Å². The molecule has 0 bridgehead atoms.